The molecule has 0 atom stereocenters. The first kappa shape index (κ1) is 16.0. The van der Waals surface area contributed by atoms with Crippen LogP contribution in [0.4, 0.5) is 5.82 Å². The van der Waals surface area contributed by atoms with Crippen molar-refractivity contribution in [1.29, 1.82) is 0 Å². The number of aromatic nitrogens is 2. The van der Waals surface area contributed by atoms with Crippen LogP contribution in [0.1, 0.15) is 23.9 Å². The summed E-state index contributed by atoms with van der Waals surface area (Å²) < 4.78 is 4.98. The van der Waals surface area contributed by atoms with Crippen molar-refractivity contribution in [2.75, 3.05) is 17.6 Å². The van der Waals surface area contributed by atoms with Crippen LogP contribution in [0.2, 0.25) is 0 Å². The van der Waals surface area contributed by atoms with Crippen molar-refractivity contribution in [2.24, 2.45) is 0 Å². The van der Waals surface area contributed by atoms with Gasteiger partial charge in [-0.15, -0.1) is 10.2 Å². The molecule has 2 rings (SSSR count). The van der Waals surface area contributed by atoms with Crippen LogP contribution in [0.3, 0.4) is 0 Å². The second kappa shape index (κ2) is 8.18. The normalized spacial score (nSPS) is 10.2. The first-order valence-electron chi connectivity index (χ1n) is 6.77. The zero-order valence-corrected chi connectivity index (χ0v) is 12.9. The minimum atomic E-state index is -0.390. The van der Waals surface area contributed by atoms with Gasteiger partial charge in [0.1, 0.15) is 5.03 Å². The van der Waals surface area contributed by atoms with Crippen molar-refractivity contribution in [1.82, 2.24) is 15.5 Å². The van der Waals surface area contributed by atoms with E-state index in [0.717, 1.165) is 6.42 Å². The Balaban J connectivity index is 1.82. The Morgan fingerprint density at radius 2 is 2.14 bits per heavy atom. The molecule has 2 heterocycles. The number of carbonyl (C=O) groups excluding carboxylic acids is 2. The van der Waals surface area contributed by atoms with Crippen LogP contribution >= 0.6 is 11.8 Å². The third-order valence-corrected chi connectivity index (χ3v) is 3.47. The van der Waals surface area contributed by atoms with E-state index in [2.05, 4.69) is 20.8 Å². The number of nitrogens with zero attached hydrogens (tertiary/aromatic N) is 2. The number of amides is 2. The highest BCUT2D eigenvalue weighted by Gasteiger charge is 2.10. The Bertz CT molecular complexity index is 614. The first-order valence-corrected chi connectivity index (χ1v) is 7.75. The third-order valence-electron chi connectivity index (χ3n) is 2.55. The number of carbonyl (C=O) groups is 2. The minimum absolute atomic E-state index is 0.0381. The maximum atomic E-state index is 11.7. The van der Waals surface area contributed by atoms with E-state index in [0.29, 0.717) is 17.4 Å². The highest BCUT2D eigenvalue weighted by atomic mass is 32.2. The lowest BCUT2D eigenvalue weighted by Crippen LogP contribution is -2.25. The van der Waals surface area contributed by atoms with Crippen LogP contribution in [-0.4, -0.2) is 34.3 Å². The highest BCUT2D eigenvalue weighted by Crippen LogP contribution is 2.15. The summed E-state index contributed by atoms with van der Waals surface area (Å²) >= 11 is 1.29. The van der Waals surface area contributed by atoms with Crippen molar-refractivity contribution < 1.29 is 14.0 Å². The van der Waals surface area contributed by atoms with E-state index >= 15 is 0 Å². The molecular formula is C14H16N4O3S. The van der Waals surface area contributed by atoms with Crippen LogP contribution < -0.4 is 10.6 Å². The predicted molar refractivity (Wildman–Crippen MR) is 82.7 cm³/mol. The summed E-state index contributed by atoms with van der Waals surface area (Å²) in [7, 11) is 0. The second-order valence-electron chi connectivity index (χ2n) is 4.33. The number of hydrogen-bond acceptors (Lipinski definition) is 6. The molecule has 0 aliphatic carbocycles. The van der Waals surface area contributed by atoms with Gasteiger partial charge in [0.15, 0.2) is 11.6 Å². The molecule has 0 fully saturated rings. The molecule has 2 amide bonds. The summed E-state index contributed by atoms with van der Waals surface area (Å²) in [4.78, 5) is 23.2. The highest BCUT2D eigenvalue weighted by molar-refractivity contribution is 7.99. The Labute approximate surface area is 131 Å². The van der Waals surface area contributed by atoms with E-state index < -0.39 is 5.91 Å². The van der Waals surface area contributed by atoms with Crippen molar-refractivity contribution in [3.8, 4) is 0 Å². The Kier molecular flexibility index (Phi) is 5.96. The molecule has 22 heavy (non-hydrogen) atoms. The van der Waals surface area contributed by atoms with E-state index in [9.17, 15) is 9.59 Å². The van der Waals surface area contributed by atoms with Crippen LogP contribution in [0.25, 0.3) is 0 Å². The molecule has 0 saturated carbocycles. The van der Waals surface area contributed by atoms with Crippen molar-refractivity contribution >= 4 is 29.4 Å². The van der Waals surface area contributed by atoms with Gasteiger partial charge in [0.05, 0.1) is 12.0 Å². The molecule has 0 saturated heterocycles. The molecule has 0 aliphatic rings. The Morgan fingerprint density at radius 3 is 2.77 bits per heavy atom. The molecule has 0 radical (unpaired) electrons. The van der Waals surface area contributed by atoms with Gasteiger partial charge in [0.2, 0.25) is 5.91 Å². The van der Waals surface area contributed by atoms with Crippen molar-refractivity contribution in [3.05, 3.63) is 36.3 Å². The molecule has 116 valence electrons. The molecular weight excluding hydrogens is 304 g/mol. The molecule has 0 aromatic carbocycles. The molecule has 8 heteroatoms. The van der Waals surface area contributed by atoms with E-state index in [-0.39, 0.29) is 17.4 Å². The lowest BCUT2D eigenvalue weighted by molar-refractivity contribution is -0.118. The van der Waals surface area contributed by atoms with Gasteiger partial charge in [-0.2, -0.15) is 0 Å². The zero-order valence-electron chi connectivity index (χ0n) is 12.0. The fourth-order valence-corrected chi connectivity index (χ4v) is 2.15. The summed E-state index contributed by atoms with van der Waals surface area (Å²) in [6.45, 7) is 2.66. The van der Waals surface area contributed by atoms with Gasteiger partial charge in [-0.3, -0.25) is 9.59 Å². The molecule has 0 bridgehead atoms. The average Bonchev–Trinajstić information content (AvgIpc) is 3.07. The van der Waals surface area contributed by atoms with Gasteiger partial charge in [0.25, 0.3) is 5.91 Å². The average molecular weight is 320 g/mol. The van der Waals surface area contributed by atoms with Crippen molar-refractivity contribution in [3.63, 3.8) is 0 Å². The van der Waals surface area contributed by atoms with Crippen LogP contribution in [0.5, 0.6) is 0 Å². The monoisotopic (exact) mass is 320 g/mol. The fraction of sp³-hybridized carbons (Fsp3) is 0.286. The number of anilines is 1. The van der Waals surface area contributed by atoms with Crippen LogP contribution in [0, 0.1) is 0 Å². The number of hydrogen-bond donors (Lipinski definition) is 2. The SMILES string of the molecule is CCCNC(=O)CSc1ccc(NC(=O)c2ccco2)nn1. The lowest BCUT2D eigenvalue weighted by atomic mass is 10.4. The van der Waals surface area contributed by atoms with E-state index in [1.807, 2.05) is 6.92 Å². The number of thioether (sulfide) groups is 1. The zero-order chi connectivity index (χ0) is 15.8. The molecule has 7 nitrogen and oxygen atoms in total. The van der Waals surface area contributed by atoms with Crippen molar-refractivity contribution in [2.45, 2.75) is 18.4 Å². The molecule has 2 aromatic rings. The summed E-state index contributed by atoms with van der Waals surface area (Å²) in [6, 6.07) is 6.51. The van der Waals surface area contributed by atoms with Gasteiger partial charge in [-0.05, 0) is 30.7 Å². The predicted octanol–water partition coefficient (Wildman–Crippen LogP) is 1.94. The number of rotatable bonds is 7. The fourth-order valence-electron chi connectivity index (χ4n) is 1.50. The van der Waals surface area contributed by atoms with E-state index in [1.165, 1.54) is 18.0 Å². The maximum Gasteiger partial charge on any atom is 0.292 e. The minimum Gasteiger partial charge on any atom is -0.459 e. The standard InChI is InChI=1S/C14H16N4O3S/c1-2-7-15-12(19)9-22-13-6-5-11(17-18-13)16-14(20)10-4-3-8-21-10/h3-6,8H,2,7,9H2,1H3,(H,15,19)(H,16,17,20). The third kappa shape index (κ3) is 4.88. The first-order chi connectivity index (χ1) is 10.7. The Hall–Kier alpha value is -2.35. The van der Waals surface area contributed by atoms with E-state index in [4.69, 9.17) is 4.42 Å². The number of nitrogens with one attached hydrogen (secondary N) is 2. The molecule has 2 N–H and O–H groups in total. The van der Waals surface area contributed by atoms with Gasteiger partial charge in [0, 0.05) is 6.54 Å². The smallest absolute Gasteiger partial charge is 0.292 e. The van der Waals surface area contributed by atoms with Gasteiger partial charge >= 0.3 is 0 Å². The van der Waals surface area contributed by atoms with Crippen LogP contribution in [0.15, 0.2) is 40.0 Å². The topological polar surface area (TPSA) is 97.1 Å². The summed E-state index contributed by atoms with van der Waals surface area (Å²) in [5.74, 6) is 0.379. The molecule has 2 aromatic heterocycles. The lowest BCUT2D eigenvalue weighted by Gasteiger charge is -2.04. The number of furan rings is 1. The summed E-state index contributed by atoms with van der Waals surface area (Å²) in [5.41, 5.74) is 0. The molecule has 0 spiro atoms. The quantitative estimate of drug-likeness (QED) is 0.757. The second-order valence-corrected chi connectivity index (χ2v) is 5.32. The summed E-state index contributed by atoms with van der Waals surface area (Å²) in [6.07, 6.45) is 2.32. The van der Waals surface area contributed by atoms with Gasteiger partial charge < -0.3 is 15.1 Å². The molecule has 0 aliphatic heterocycles. The Morgan fingerprint density at radius 1 is 1.27 bits per heavy atom. The largest absolute Gasteiger partial charge is 0.459 e. The van der Waals surface area contributed by atoms with Gasteiger partial charge in [-0.25, -0.2) is 0 Å². The molecule has 0 unspecified atom stereocenters. The van der Waals surface area contributed by atoms with Crippen LogP contribution in [-0.2, 0) is 4.79 Å². The maximum absolute atomic E-state index is 11.7. The van der Waals surface area contributed by atoms with E-state index in [1.54, 1.807) is 24.3 Å². The van der Waals surface area contributed by atoms with Gasteiger partial charge in [-0.1, -0.05) is 18.7 Å². The summed E-state index contributed by atoms with van der Waals surface area (Å²) in [5, 5.41) is 13.8.